The van der Waals surface area contributed by atoms with Gasteiger partial charge in [0.05, 0.1) is 26.4 Å². The number of benzene rings is 1. The molecule has 0 aliphatic rings. The van der Waals surface area contributed by atoms with E-state index in [2.05, 4.69) is 5.32 Å². The molecule has 0 unspecified atom stereocenters. The largest absolute Gasteiger partial charge is 0.395 e. The summed E-state index contributed by atoms with van der Waals surface area (Å²) >= 11 is 0. The van der Waals surface area contributed by atoms with E-state index in [1.807, 2.05) is 30.3 Å². The number of aliphatic hydroxyl groups is 2. The van der Waals surface area contributed by atoms with Crippen LogP contribution in [0.4, 0.5) is 4.79 Å². The lowest BCUT2D eigenvalue weighted by molar-refractivity contribution is 0.0932. The lowest BCUT2D eigenvalue weighted by atomic mass is 10.2. The molecule has 1 rings (SSSR count). The first-order chi connectivity index (χ1) is 9.77. The molecule has 1 aromatic carbocycles. The Morgan fingerprint density at radius 3 is 2.55 bits per heavy atom. The van der Waals surface area contributed by atoms with E-state index in [1.165, 1.54) is 4.90 Å². The van der Waals surface area contributed by atoms with Gasteiger partial charge < -0.3 is 25.2 Å². The van der Waals surface area contributed by atoms with Crippen LogP contribution in [0.2, 0.25) is 0 Å². The molecule has 0 bridgehead atoms. The summed E-state index contributed by atoms with van der Waals surface area (Å²) in [6.07, 6.45) is 0. The average molecular weight is 282 g/mol. The number of carbonyl (C=O) groups is 1. The van der Waals surface area contributed by atoms with Crippen LogP contribution in [0, 0.1) is 0 Å². The van der Waals surface area contributed by atoms with Crippen molar-refractivity contribution in [2.75, 3.05) is 39.5 Å². The summed E-state index contributed by atoms with van der Waals surface area (Å²) in [6.45, 7) is 1.50. The molecule has 0 aliphatic carbocycles. The molecule has 0 saturated heterocycles. The van der Waals surface area contributed by atoms with Crippen molar-refractivity contribution in [1.29, 1.82) is 0 Å². The molecular formula is C14H22N2O4. The van der Waals surface area contributed by atoms with Crippen molar-refractivity contribution in [1.82, 2.24) is 10.2 Å². The number of carbonyl (C=O) groups excluding carboxylic acids is 1. The second-order valence-corrected chi connectivity index (χ2v) is 4.20. The molecule has 0 aromatic heterocycles. The summed E-state index contributed by atoms with van der Waals surface area (Å²) in [5.74, 6) is 0. The minimum atomic E-state index is -0.309. The van der Waals surface area contributed by atoms with Crippen LogP contribution in [0.25, 0.3) is 0 Å². The standard InChI is InChI=1S/C14H22N2O4/c17-9-6-15-14(19)16(7-10-18)8-11-20-12-13-4-2-1-3-5-13/h1-5,17-18H,6-12H2,(H,15,19). The van der Waals surface area contributed by atoms with E-state index in [4.69, 9.17) is 14.9 Å². The number of aliphatic hydroxyl groups excluding tert-OH is 2. The zero-order chi connectivity index (χ0) is 14.6. The molecule has 6 nitrogen and oxygen atoms in total. The highest BCUT2D eigenvalue weighted by molar-refractivity contribution is 5.74. The summed E-state index contributed by atoms with van der Waals surface area (Å²) in [5.41, 5.74) is 1.07. The summed E-state index contributed by atoms with van der Waals surface area (Å²) in [4.78, 5) is 13.2. The van der Waals surface area contributed by atoms with E-state index >= 15 is 0 Å². The first-order valence-corrected chi connectivity index (χ1v) is 6.64. The summed E-state index contributed by atoms with van der Waals surface area (Å²) < 4.78 is 5.50. The van der Waals surface area contributed by atoms with Crippen molar-refractivity contribution in [3.8, 4) is 0 Å². The van der Waals surface area contributed by atoms with Crippen molar-refractivity contribution in [2.24, 2.45) is 0 Å². The van der Waals surface area contributed by atoms with Crippen LogP contribution < -0.4 is 5.32 Å². The molecule has 3 N–H and O–H groups in total. The van der Waals surface area contributed by atoms with E-state index in [0.29, 0.717) is 19.8 Å². The number of urea groups is 1. The number of nitrogens with zero attached hydrogens (tertiary/aromatic N) is 1. The Bertz CT molecular complexity index is 373. The molecule has 0 fully saturated rings. The molecule has 1 aromatic rings. The van der Waals surface area contributed by atoms with Crippen LogP contribution in [0.5, 0.6) is 0 Å². The van der Waals surface area contributed by atoms with Crippen molar-refractivity contribution in [2.45, 2.75) is 6.61 Å². The van der Waals surface area contributed by atoms with Crippen molar-refractivity contribution < 1.29 is 19.7 Å². The molecule has 0 atom stereocenters. The van der Waals surface area contributed by atoms with Crippen LogP contribution in [-0.4, -0.2) is 60.6 Å². The zero-order valence-electron chi connectivity index (χ0n) is 11.5. The van der Waals surface area contributed by atoms with Gasteiger partial charge in [0.25, 0.3) is 0 Å². The Morgan fingerprint density at radius 1 is 1.15 bits per heavy atom. The highest BCUT2D eigenvalue weighted by atomic mass is 16.5. The molecule has 0 radical (unpaired) electrons. The fourth-order valence-corrected chi connectivity index (χ4v) is 1.65. The van der Waals surface area contributed by atoms with Gasteiger partial charge in [0.1, 0.15) is 0 Å². The van der Waals surface area contributed by atoms with E-state index in [9.17, 15) is 4.79 Å². The SMILES string of the molecule is O=C(NCCO)N(CCO)CCOCc1ccccc1. The zero-order valence-corrected chi connectivity index (χ0v) is 11.5. The van der Waals surface area contributed by atoms with Crippen LogP contribution in [0.1, 0.15) is 5.56 Å². The van der Waals surface area contributed by atoms with E-state index in [-0.39, 0.29) is 32.3 Å². The third kappa shape index (κ3) is 6.51. The second-order valence-electron chi connectivity index (χ2n) is 4.20. The topological polar surface area (TPSA) is 82.0 Å². The summed E-state index contributed by atoms with van der Waals surface area (Å²) in [5, 5.41) is 20.1. The lowest BCUT2D eigenvalue weighted by Gasteiger charge is -2.21. The van der Waals surface area contributed by atoms with Gasteiger partial charge in [-0.1, -0.05) is 30.3 Å². The molecule has 6 heteroatoms. The molecular weight excluding hydrogens is 260 g/mol. The van der Waals surface area contributed by atoms with E-state index < -0.39 is 0 Å². The van der Waals surface area contributed by atoms with Gasteiger partial charge in [0, 0.05) is 19.6 Å². The van der Waals surface area contributed by atoms with Crippen LogP contribution in [0.3, 0.4) is 0 Å². The van der Waals surface area contributed by atoms with Gasteiger partial charge in [0.15, 0.2) is 0 Å². The van der Waals surface area contributed by atoms with Gasteiger partial charge in [0.2, 0.25) is 0 Å². The van der Waals surface area contributed by atoms with Crippen LogP contribution in [-0.2, 0) is 11.3 Å². The molecule has 0 heterocycles. The maximum absolute atomic E-state index is 11.7. The summed E-state index contributed by atoms with van der Waals surface area (Å²) in [7, 11) is 0. The van der Waals surface area contributed by atoms with Crippen molar-refractivity contribution >= 4 is 6.03 Å². The third-order valence-corrected chi connectivity index (χ3v) is 2.66. The molecule has 20 heavy (non-hydrogen) atoms. The lowest BCUT2D eigenvalue weighted by Crippen LogP contribution is -2.44. The highest BCUT2D eigenvalue weighted by Crippen LogP contribution is 2.00. The van der Waals surface area contributed by atoms with E-state index in [0.717, 1.165) is 5.56 Å². The minimum absolute atomic E-state index is 0.106. The fraction of sp³-hybridized carbons (Fsp3) is 0.500. The van der Waals surface area contributed by atoms with Crippen LogP contribution in [0.15, 0.2) is 30.3 Å². The third-order valence-electron chi connectivity index (χ3n) is 2.66. The van der Waals surface area contributed by atoms with Gasteiger partial charge in [-0.05, 0) is 5.56 Å². The van der Waals surface area contributed by atoms with E-state index in [1.54, 1.807) is 0 Å². The maximum Gasteiger partial charge on any atom is 0.317 e. The molecule has 2 amide bonds. The number of hydrogen-bond acceptors (Lipinski definition) is 4. The van der Waals surface area contributed by atoms with Crippen molar-refractivity contribution in [3.05, 3.63) is 35.9 Å². The highest BCUT2D eigenvalue weighted by Gasteiger charge is 2.11. The average Bonchev–Trinajstić information content (AvgIpc) is 2.49. The Balaban J connectivity index is 2.26. The number of amides is 2. The first-order valence-electron chi connectivity index (χ1n) is 6.64. The quantitative estimate of drug-likeness (QED) is 0.565. The Kier molecular flexibility index (Phi) is 8.37. The second kappa shape index (κ2) is 10.2. The summed E-state index contributed by atoms with van der Waals surface area (Å²) in [6, 6.07) is 9.46. The van der Waals surface area contributed by atoms with Crippen LogP contribution >= 0.6 is 0 Å². The predicted octanol–water partition coefficient (Wildman–Crippen LogP) is 0.199. The van der Waals surface area contributed by atoms with Gasteiger partial charge >= 0.3 is 6.03 Å². The predicted molar refractivity (Wildman–Crippen MR) is 75.2 cm³/mol. The van der Waals surface area contributed by atoms with Gasteiger partial charge in [-0.25, -0.2) is 4.79 Å². The molecule has 0 spiro atoms. The van der Waals surface area contributed by atoms with Gasteiger partial charge in [-0.3, -0.25) is 0 Å². The smallest absolute Gasteiger partial charge is 0.317 e. The van der Waals surface area contributed by atoms with Crippen molar-refractivity contribution in [3.63, 3.8) is 0 Å². The normalized spacial score (nSPS) is 10.3. The molecule has 112 valence electrons. The molecule has 0 aliphatic heterocycles. The van der Waals surface area contributed by atoms with Gasteiger partial charge in [-0.15, -0.1) is 0 Å². The number of ether oxygens (including phenoxy) is 1. The van der Waals surface area contributed by atoms with Gasteiger partial charge in [-0.2, -0.15) is 0 Å². The monoisotopic (exact) mass is 282 g/mol. The number of nitrogens with one attached hydrogen (secondary N) is 1. The Morgan fingerprint density at radius 2 is 1.90 bits per heavy atom. The fourth-order valence-electron chi connectivity index (χ4n) is 1.65. The number of rotatable bonds is 9. The minimum Gasteiger partial charge on any atom is -0.395 e. The maximum atomic E-state index is 11.7. The number of hydrogen-bond donors (Lipinski definition) is 3. The Hall–Kier alpha value is -1.63. The first kappa shape index (κ1) is 16.4. The Labute approximate surface area is 119 Å². The molecule has 0 saturated carbocycles.